The summed E-state index contributed by atoms with van der Waals surface area (Å²) >= 11 is 0. The molecule has 0 bridgehead atoms. The van der Waals surface area contributed by atoms with Crippen molar-refractivity contribution in [2.24, 2.45) is 7.05 Å². The molecule has 0 radical (unpaired) electrons. The summed E-state index contributed by atoms with van der Waals surface area (Å²) in [5.74, 6) is 1.49. The first-order chi connectivity index (χ1) is 13.6. The maximum atomic E-state index is 13.2. The van der Waals surface area contributed by atoms with Gasteiger partial charge in [-0.15, -0.1) is 0 Å². The van der Waals surface area contributed by atoms with E-state index in [4.69, 9.17) is 5.73 Å². The van der Waals surface area contributed by atoms with Gasteiger partial charge in [-0.05, 0) is 30.3 Å². The number of aryl methyl sites for hydroxylation is 1. The van der Waals surface area contributed by atoms with Crippen molar-refractivity contribution in [3.05, 3.63) is 60.1 Å². The fourth-order valence-electron chi connectivity index (χ4n) is 3.68. The molecule has 2 aromatic heterocycles. The summed E-state index contributed by atoms with van der Waals surface area (Å²) in [6, 6.07) is 10.5. The largest absolute Gasteiger partial charge is 0.396 e. The minimum Gasteiger partial charge on any atom is -0.396 e. The van der Waals surface area contributed by atoms with Crippen LogP contribution in [0.1, 0.15) is 11.5 Å². The maximum Gasteiger partial charge on any atom is 0.133 e. The van der Waals surface area contributed by atoms with Crippen LogP contribution in [-0.4, -0.2) is 40.3 Å². The number of aromatic nitrogens is 3. The summed E-state index contributed by atoms with van der Waals surface area (Å²) in [6.07, 6.45) is 3.63. The number of hydrogen-bond acceptors (Lipinski definition) is 5. The summed E-state index contributed by atoms with van der Waals surface area (Å²) < 4.78 is 17.0. The van der Waals surface area contributed by atoms with Crippen molar-refractivity contribution in [2.75, 3.05) is 41.7 Å². The first kappa shape index (κ1) is 17.9. The van der Waals surface area contributed by atoms with Crippen LogP contribution in [0.25, 0.3) is 0 Å². The molecule has 8 heteroatoms. The number of imidazole rings is 1. The van der Waals surface area contributed by atoms with Crippen molar-refractivity contribution in [1.29, 1.82) is 5.26 Å². The van der Waals surface area contributed by atoms with Gasteiger partial charge in [0.1, 0.15) is 29.2 Å². The number of nitrogens with zero attached hydrogens (tertiary/aromatic N) is 6. The SMILES string of the molecule is Cn1ccnc1Cn1c(C#N)cc(N)c1N1CCN(c2ccc(F)cc2)CC1. The Morgan fingerprint density at radius 3 is 2.43 bits per heavy atom. The van der Waals surface area contributed by atoms with Crippen molar-refractivity contribution in [1.82, 2.24) is 14.1 Å². The van der Waals surface area contributed by atoms with Gasteiger partial charge in [0, 0.05) is 51.3 Å². The molecule has 4 rings (SSSR count). The molecular formula is C20H22FN7. The van der Waals surface area contributed by atoms with Gasteiger partial charge in [0.15, 0.2) is 0 Å². The zero-order valence-corrected chi connectivity index (χ0v) is 15.7. The zero-order valence-electron chi connectivity index (χ0n) is 15.7. The number of piperazine rings is 1. The van der Waals surface area contributed by atoms with E-state index in [0.717, 1.165) is 43.5 Å². The lowest BCUT2D eigenvalue weighted by molar-refractivity contribution is 0.615. The van der Waals surface area contributed by atoms with Crippen LogP contribution in [0.15, 0.2) is 42.7 Å². The smallest absolute Gasteiger partial charge is 0.133 e. The van der Waals surface area contributed by atoms with Crippen LogP contribution < -0.4 is 15.5 Å². The molecule has 0 aliphatic carbocycles. The van der Waals surface area contributed by atoms with Crippen molar-refractivity contribution >= 4 is 17.2 Å². The average molecular weight is 379 g/mol. The van der Waals surface area contributed by atoms with Crippen LogP contribution in [0, 0.1) is 17.1 Å². The lowest BCUT2D eigenvalue weighted by Crippen LogP contribution is -2.47. The molecular weight excluding hydrogens is 357 g/mol. The number of nitriles is 1. The lowest BCUT2D eigenvalue weighted by Gasteiger charge is -2.38. The van der Waals surface area contributed by atoms with Gasteiger partial charge in [-0.1, -0.05) is 0 Å². The standard InChI is InChI=1S/C20H22FN7/c1-25-7-6-24-19(25)14-28-17(13-22)12-18(23)20(28)27-10-8-26(9-11-27)16-4-2-15(21)3-5-16/h2-7,12H,8-11,14,23H2,1H3. The van der Waals surface area contributed by atoms with E-state index in [1.165, 1.54) is 12.1 Å². The van der Waals surface area contributed by atoms with Gasteiger partial charge in [-0.3, -0.25) is 0 Å². The first-order valence-corrected chi connectivity index (χ1v) is 9.17. The third-order valence-electron chi connectivity index (χ3n) is 5.20. The van der Waals surface area contributed by atoms with Gasteiger partial charge in [-0.25, -0.2) is 9.37 Å². The molecule has 28 heavy (non-hydrogen) atoms. The van der Waals surface area contributed by atoms with Crippen LogP contribution in [-0.2, 0) is 13.6 Å². The van der Waals surface area contributed by atoms with E-state index in [9.17, 15) is 9.65 Å². The number of hydrogen-bond donors (Lipinski definition) is 1. The molecule has 2 N–H and O–H groups in total. The van der Waals surface area contributed by atoms with Crippen molar-refractivity contribution in [3.8, 4) is 6.07 Å². The Bertz CT molecular complexity index is 1000. The van der Waals surface area contributed by atoms with Gasteiger partial charge in [0.2, 0.25) is 0 Å². The van der Waals surface area contributed by atoms with Gasteiger partial charge in [-0.2, -0.15) is 5.26 Å². The molecule has 3 aromatic rings. The topological polar surface area (TPSA) is 79.0 Å². The van der Waals surface area contributed by atoms with Crippen molar-refractivity contribution in [3.63, 3.8) is 0 Å². The fraction of sp³-hybridized carbons (Fsp3) is 0.300. The van der Waals surface area contributed by atoms with Crippen molar-refractivity contribution < 1.29 is 4.39 Å². The van der Waals surface area contributed by atoms with E-state index in [0.29, 0.717) is 17.9 Å². The normalized spacial score (nSPS) is 14.3. The quantitative estimate of drug-likeness (QED) is 0.752. The second-order valence-corrected chi connectivity index (χ2v) is 6.91. The summed E-state index contributed by atoms with van der Waals surface area (Å²) in [5.41, 5.74) is 8.41. The highest BCUT2D eigenvalue weighted by Crippen LogP contribution is 2.30. The number of halogens is 1. The minimum atomic E-state index is -0.230. The fourth-order valence-corrected chi connectivity index (χ4v) is 3.68. The van der Waals surface area contributed by atoms with E-state index >= 15 is 0 Å². The van der Waals surface area contributed by atoms with Crippen LogP contribution in [0.3, 0.4) is 0 Å². The van der Waals surface area contributed by atoms with Crippen molar-refractivity contribution in [2.45, 2.75) is 6.54 Å². The van der Waals surface area contributed by atoms with Crippen LogP contribution in [0.2, 0.25) is 0 Å². The minimum absolute atomic E-state index is 0.230. The highest BCUT2D eigenvalue weighted by Gasteiger charge is 2.24. The molecule has 0 amide bonds. The monoisotopic (exact) mass is 379 g/mol. The van der Waals surface area contributed by atoms with Crippen LogP contribution >= 0.6 is 0 Å². The molecule has 7 nitrogen and oxygen atoms in total. The second kappa shape index (κ2) is 7.27. The van der Waals surface area contributed by atoms with Gasteiger partial charge >= 0.3 is 0 Å². The molecule has 1 saturated heterocycles. The highest BCUT2D eigenvalue weighted by molar-refractivity contribution is 5.68. The first-order valence-electron chi connectivity index (χ1n) is 9.17. The zero-order chi connectivity index (χ0) is 19.7. The van der Waals surface area contributed by atoms with Gasteiger partial charge in [0.25, 0.3) is 0 Å². The Kier molecular flexibility index (Phi) is 4.65. The molecule has 1 aliphatic rings. The Labute approximate surface area is 163 Å². The number of rotatable bonds is 4. The predicted octanol–water partition coefficient (Wildman–Crippen LogP) is 2.19. The predicted molar refractivity (Wildman–Crippen MR) is 107 cm³/mol. The van der Waals surface area contributed by atoms with E-state index in [2.05, 4.69) is 20.9 Å². The summed E-state index contributed by atoms with van der Waals surface area (Å²) in [4.78, 5) is 8.81. The lowest BCUT2D eigenvalue weighted by atomic mass is 10.2. The molecule has 0 spiro atoms. The van der Waals surface area contributed by atoms with E-state index in [1.807, 2.05) is 22.4 Å². The Balaban J connectivity index is 1.56. The summed E-state index contributed by atoms with van der Waals surface area (Å²) in [5, 5.41) is 9.55. The van der Waals surface area contributed by atoms with Crippen LogP contribution in [0.5, 0.6) is 0 Å². The molecule has 0 atom stereocenters. The summed E-state index contributed by atoms with van der Waals surface area (Å²) in [6.45, 7) is 3.59. The molecule has 1 fully saturated rings. The third-order valence-corrected chi connectivity index (χ3v) is 5.20. The summed E-state index contributed by atoms with van der Waals surface area (Å²) in [7, 11) is 1.93. The maximum absolute atomic E-state index is 13.2. The third kappa shape index (κ3) is 3.27. The molecule has 1 aromatic carbocycles. The van der Waals surface area contributed by atoms with Gasteiger partial charge in [0.05, 0.1) is 12.2 Å². The van der Waals surface area contributed by atoms with E-state index < -0.39 is 0 Å². The van der Waals surface area contributed by atoms with E-state index in [-0.39, 0.29) is 5.82 Å². The molecule has 0 unspecified atom stereocenters. The Morgan fingerprint density at radius 2 is 1.82 bits per heavy atom. The second-order valence-electron chi connectivity index (χ2n) is 6.91. The Hall–Kier alpha value is -3.47. The van der Waals surface area contributed by atoms with Crippen LogP contribution in [0.4, 0.5) is 21.6 Å². The number of anilines is 3. The molecule has 144 valence electrons. The van der Waals surface area contributed by atoms with E-state index in [1.54, 1.807) is 24.4 Å². The average Bonchev–Trinajstić information content (AvgIpc) is 3.25. The highest BCUT2D eigenvalue weighted by atomic mass is 19.1. The van der Waals surface area contributed by atoms with Gasteiger partial charge < -0.3 is 24.7 Å². The number of benzene rings is 1. The molecule has 3 heterocycles. The molecule has 0 saturated carbocycles. The number of nitrogens with two attached hydrogens (primary N) is 1. The number of nitrogen functional groups attached to an aromatic ring is 1. The Morgan fingerprint density at radius 1 is 1.14 bits per heavy atom. The molecule has 1 aliphatic heterocycles.